The van der Waals surface area contributed by atoms with Crippen LogP contribution < -0.4 is 24.7 Å². The van der Waals surface area contributed by atoms with Gasteiger partial charge in [-0.25, -0.2) is 13.4 Å². The van der Waals surface area contributed by atoms with Crippen molar-refractivity contribution in [1.29, 1.82) is 0 Å². The van der Waals surface area contributed by atoms with Gasteiger partial charge in [-0.15, -0.1) is 0 Å². The Labute approximate surface area is 255 Å². The second-order valence-electron chi connectivity index (χ2n) is 10.1. The number of benzene rings is 3. The zero-order valence-electron chi connectivity index (χ0n) is 23.3. The standard InChI is InChI=1S/C29H26F3N7O3S2/c1-42-21-8-11-23-24(16-21)36-26-25(23)27(34-17-33-26)38-12-14-39(15-13-38)28(43)35-19-6-9-22(10-7-19)44(40,41)37-20-4-2-18(3-5-20)29(30,31)32/h2-11,16-17,37H,12-15H2,1H3,(H,35,43)(H,33,34,36)/p+1. The van der Waals surface area contributed by atoms with Gasteiger partial charge in [-0.1, -0.05) is 4.98 Å². The molecule has 3 aromatic carbocycles. The lowest BCUT2D eigenvalue weighted by Crippen LogP contribution is -2.51. The first-order valence-corrected chi connectivity index (χ1v) is 15.4. The van der Waals surface area contributed by atoms with E-state index in [1.807, 2.05) is 23.1 Å². The summed E-state index contributed by atoms with van der Waals surface area (Å²) in [4.78, 5) is 15.4. The van der Waals surface area contributed by atoms with Crippen molar-refractivity contribution in [3.8, 4) is 5.75 Å². The topological polar surface area (TPSA) is 117 Å². The summed E-state index contributed by atoms with van der Waals surface area (Å²) in [5.74, 6) is 1.72. The Hall–Kier alpha value is -4.63. The van der Waals surface area contributed by atoms with Crippen LogP contribution >= 0.6 is 12.2 Å². The third-order valence-corrected chi connectivity index (χ3v) is 9.14. The summed E-state index contributed by atoms with van der Waals surface area (Å²) >= 11 is 5.64. The second kappa shape index (κ2) is 11.5. The van der Waals surface area contributed by atoms with Gasteiger partial charge >= 0.3 is 6.18 Å². The first-order valence-electron chi connectivity index (χ1n) is 13.5. The summed E-state index contributed by atoms with van der Waals surface area (Å²) in [5.41, 5.74) is 1.48. The minimum Gasteiger partial charge on any atom is -0.497 e. The Morgan fingerprint density at radius 1 is 1.00 bits per heavy atom. The van der Waals surface area contributed by atoms with E-state index in [1.54, 1.807) is 25.6 Å². The van der Waals surface area contributed by atoms with Gasteiger partial charge in [0.25, 0.3) is 10.0 Å². The van der Waals surface area contributed by atoms with Crippen molar-refractivity contribution < 1.29 is 31.3 Å². The van der Waals surface area contributed by atoms with Gasteiger partial charge < -0.3 is 19.9 Å². The number of rotatable bonds is 6. The molecule has 15 heteroatoms. The molecule has 3 heterocycles. The number of sulfonamides is 1. The number of nitrogens with one attached hydrogen (secondary N) is 4. The first-order chi connectivity index (χ1) is 21.0. The van der Waals surface area contributed by atoms with Crippen LogP contribution in [0.1, 0.15) is 5.56 Å². The summed E-state index contributed by atoms with van der Waals surface area (Å²) in [6, 6.07) is 15.6. The molecular formula is C29H27F3N7O3S2+. The van der Waals surface area contributed by atoms with E-state index < -0.39 is 21.8 Å². The molecule has 1 fully saturated rings. The predicted molar refractivity (Wildman–Crippen MR) is 165 cm³/mol. The highest BCUT2D eigenvalue weighted by molar-refractivity contribution is 7.92. The normalized spacial score (nSPS) is 14.2. The van der Waals surface area contributed by atoms with Crippen LogP contribution in [0.2, 0.25) is 0 Å². The molecule has 1 saturated heterocycles. The van der Waals surface area contributed by atoms with Gasteiger partial charge in [-0.05, 0) is 72.9 Å². The molecular weight excluding hydrogens is 615 g/mol. The van der Waals surface area contributed by atoms with Crippen LogP contribution in [-0.2, 0) is 16.2 Å². The molecule has 0 radical (unpaired) electrons. The van der Waals surface area contributed by atoms with Crippen LogP contribution in [0.4, 0.5) is 30.4 Å². The van der Waals surface area contributed by atoms with Crippen LogP contribution in [0.15, 0.2) is 78.0 Å². The molecule has 0 amide bonds. The van der Waals surface area contributed by atoms with Crippen molar-refractivity contribution in [3.63, 3.8) is 0 Å². The van der Waals surface area contributed by atoms with Crippen molar-refractivity contribution in [3.05, 3.63) is 78.6 Å². The number of fused-ring (bicyclic) bond motifs is 3. The Kier molecular flexibility index (Phi) is 7.67. The average Bonchev–Trinajstić information content (AvgIpc) is 3.39. The number of aromatic nitrogens is 3. The smallest absolute Gasteiger partial charge is 0.416 e. The lowest BCUT2D eigenvalue weighted by molar-refractivity contribution is -0.367. The Morgan fingerprint density at radius 3 is 2.34 bits per heavy atom. The zero-order valence-corrected chi connectivity index (χ0v) is 24.9. The number of hydrogen-bond donors (Lipinski definition) is 3. The summed E-state index contributed by atoms with van der Waals surface area (Å²) in [6.45, 7) is 2.71. The van der Waals surface area contributed by atoms with Gasteiger partial charge in [0.2, 0.25) is 17.8 Å². The maximum atomic E-state index is 12.8. The average molecular weight is 643 g/mol. The fourth-order valence-electron chi connectivity index (χ4n) is 5.10. The SMILES string of the molecule is COc1ccc2c(c1)[nH]c1nc[nH+]c(N3CCN(C(=S)Nc4ccc(S(=O)(=O)Nc5ccc(C(F)(F)F)cc5)cc4)CC3)c12. The third-order valence-electron chi connectivity index (χ3n) is 7.38. The number of hydrogen-bond acceptors (Lipinski definition) is 6. The van der Waals surface area contributed by atoms with Gasteiger partial charge in [0.1, 0.15) is 11.1 Å². The quantitative estimate of drug-likeness (QED) is 0.225. The molecule has 4 N–H and O–H groups in total. The van der Waals surface area contributed by atoms with E-state index in [0.717, 1.165) is 57.8 Å². The lowest BCUT2D eigenvalue weighted by Gasteiger charge is -2.34. The fraction of sp³-hybridized carbons (Fsp3) is 0.207. The third kappa shape index (κ3) is 5.92. The van der Waals surface area contributed by atoms with E-state index in [-0.39, 0.29) is 10.6 Å². The number of aromatic amines is 2. The Morgan fingerprint density at radius 2 is 1.68 bits per heavy atom. The number of halogens is 3. The van der Waals surface area contributed by atoms with Gasteiger partial charge in [0.15, 0.2) is 5.11 Å². The molecule has 0 spiro atoms. The molecule has 0 unspecified atom stereocenters. The summed E-state index contributed by atoms with van der Waals surface area (Å²) in [5, 5.41) is 5.71. The number of nitrogens with zero attached hydrogens (tertiary/aromatic N) is 3. The predicted octanol–water partition coefficient (Wildman–Crippen LogP) is 4.88. The summed E-state index contributed by atoms with van der Waals surface area (Å²) in [6.07, 6.45) is -2.83. The molecule has 0 saturated carbocycles. The summed E-state index contributed by atoms with van der Waals surface area (Å²) in [7, 11) is -2.38. The van der Waals surface area contributed by atoms with Crippen molar-refractivity contribution in [2.75, 3.05) is 48.2 Å². The Bertz CT molecular complexity index is 1940. The van der Waals surface area contributed by atoms with E-state index in [4.69, 9.17) is 17.0 Å². The molecule has 44 heavy (non-hydrogen) atoms. The van der Waals surface area contributed by atoms with Gasteiger partial charge in [0.05, 0.1) is 49.3 Å². The molecule has 6 rings (SSSR count). The minimum atomic E-state index is -4.51. The van der Waals surface area contributed by atoms with Crippen molar-refractivity contribution >= 4 is 66.5 Å². The molecule has 2 aromatic heterocycles. The number of ether oxygens (including phenoxy) is 1. The minimum absolute atomic E-state index is 0.0237. The van der Waals surface area contributed by atoms with Crippen LogP contribution in [0.5, 0.6) is 5.75 Å². The number of methoxy groups -OCH3 is 1. The summed E-state index contributed by atoms with van der Waals surface area (Å²) < 4.78 is 71.6. The Balaban J connectivity index is 1.08. The van der Waals surface area contributed by atoms with Crippen LogP contribution in [0.25, 0.3) is 21.9 Å². The highest BCUT2D eigenvalue weighted by atomic mass is 32.2. The molecule has 10 nitrogen and oxygen atoms in total. The van der Waals surface area contributed by atoms with Gasteiger partial charge in [-0.2, -0.15) is 13.2 Å². The van der Waals surface area contributed by atoms with E-state index in [1.165, 1.54) is 12.1 Å². The monoisotopic (exact) mass is 642 g/mol. The van der Waals surface area contributed by atoms with Crippen molar-refractivity contribution in [2.45, 2.75) is 11.1 Å². The van der Waals surface area contributed by atoms with E-state index >= 15 is 0 Å². The van der Waals surface area contributed by atoms with Gasteiger partial charge in [0, 0.05) is 22.8 Å². The second-order valence-corrected chi connectivity index (χ2v) is 12.2. The number of piperazine rings is 1. The van der Waals surface area contributed by atoms with Crippen LogP contribution in [-0.4, -0.2) is 61.7 Å². The molecule has 0 aliphatic carbocycles. The molecule has 0 bridgehead atoms. The molecule has 228 valence electrons. The van der Waals surface area contributed by atoms with Crippen molar-refractivity contribution in [2.24, 2.45) is 0 Å². The highest BCUT2D eigenvalue weighted by Crippen LogP contribution is 2.32. The number of anilines is 3. The maximum absolute atomic E-state index is 12.8. The van der Waals surface area contributed by atoms with Crippen LogP contribution in [0, 0.1) is 0 Å². The van der Waals surface area contributed by atoms with E-state index in [2.05, 4.69) is 29.9 Å². The largest absolute Gasteiger partial charge is 0.497 e. The fourth-order valence-corrected chi connectivity index (χ4v) is 6.46. The van der Waals surface area contributed by atoms with Crippen molar-refractivity contribution in [1.82, 2.24) is 14.9 Å². The van der Waals surface area contributed by atoms with Crippen LogP contribution in [0.3, 0.4) is 0 Å². The molecule has 5 aromatic rings. The molecule has 0 atom stereocenters. The highest BCUT2D eigenvalue weighted by Gasteiger charge is 2.30. The number of thiocarbonyl (C=S) groups is 1. The van der Waals surface area contributed by atoms with Gasteiger partial charge in [-0.3, -0.25) is 9.62 Å². The van der Waals surface area contributed by atoms with E-state index in [9.17, 15) is 21.6 Å². The number of H-pyrrole nitrogens is 2. The lowest BCUT2D eigenvalue weighted by atomic mass is 10.2. The zero-order chi connectivity index (χ0) is 31.1. The molecule has 1 aliphatic heterocycles. The number of alkyl halides is 3. The molecule has 1 aliphatic rings. The maximum Gasteiger partial charge on any atom is 0.416 e. The first kappa shape index (κ1) is 29.4. The van der Waals surface area contributed by atoms with E-state index in [0.29, 0.717) is 37.0 Å².